The van der Waals surface area contributed by atoms with E-state index in [9.17, 15) is 10.5 Å². The Hall–Kier alpha value is -6.10. The molecule has 0 fully saturated rings. The number of benzene rings is 6. The molecule has 6 aromatic carbocycles. The predicted octanol–water partition coefficient (Wildman–Crippen LogP) is 10.5. The molecule has 8 rings (SSSR count). The Morgan fingerprint density at radius 2 is 1.02 bits per heavy atom. The summed E-state index contributed by atoms with van der Waals surface area (Å²) >= 11 is 0. The van der Waals surface area contributed by atoms with E-state index in [1.54, 1.807) is 6.07 Å². The van der Waals surface area contributed by atoms with E-state index >= 15 is 0 Å². The van der Waals surface area contributed by atoms with Crippen molar-refractivity contribution in [3.8, 4) is 34.6 Å². The summed E-state index contributed by atoms with van der Waals surface area (Å²) in [6.45, 7) is 8.70. The van der Waals surface area contributed by atoms with Gasteiger partial charge in [0.05, 0.1) is 56.7 Å². The van der Waals surface area contributed by atoms with E-state index in [1.807, 2.05) is 12.1 Å². The van der Waals surface area contributed by atoms with Gasteiger partial charge in [0.25, 0.3) is 0 Å². The molecule has 0 atom stereocenters. The summed E-state index contributed by atoms with van der Waals surface area (Å²) in [5, 5.41) is 24.7. The van der Waals surface area contributed by atoms with Crippen molar-refractivity contribution in [3.05, 3.63) is 143 Å². The zero-order chi connectivity index (χ0) is 31.7. The van der Waals surface area contributed by atoms with Crippen LogP contribution < -0.4 is 0 Å². The lowest BCUT2D eigenvalue weighted by Gasteiger charge is -2.18. The van der Waals surface area contributed by atoms with Crippen LogP contribution in [0.4, 0.5) is 0 Å². The zero-order valence-electron chi connectivity index (χ0n) is 26.2. The van der Waals surface area contributed by atoms with Crippen LogP contribution in [0.25, 0.3) is 66.1 Å². The van der Waals surface area contributed by atoms with Gasteiger partial charge in [-0.15, -0.1) is 0 Å². The maximum Gasteiger partial charge on any atom is 0.0998 e. The number of hydrogen-bond acceptors (Lipinski definition) is 2. The molecule has 0 aliphatic carbocycles. The number of fused-ring (bicyclic) bond motifs is 7. The first-order valence-electron chi connectivity index (χ1n) is 15.5. The highest BCUT2D eigenvalue weighted by molar-refractivity contribution is 6.29. The molecule has 0 N–H and O–H groups in total. The molecule has 0 aliphatic heterocycles. The minimum Gasteiger partial charge on any atom is -0.308 e. The van der Waals surface area contributed by atoms with Crippen molar-refractivity contribution in [2.45, 2.75) is 27.7 Å². The van der Waals surface area contributed by atoms with E-state index in [1.165, 1.54) is 27.9 Å². The average Bonchev–Trinajstić information content (AvgIpc) is 3.57. The van der Waals surface area contributed by atoms with E-state index in [-0.39, 0.29) is 0 Å². The lowest BCUT2D eigenvalue weighted by atomic mass is 9.94. The summed E-state index contributed by atoms with van der Waals surface area (Å²) in [5.74, 6) is 0. The fourth-order valence-electron chi connectivity index (χ4n) is 7.53. The van der Waals surface area contributed by atoms with Crippen molar-refractivity contribution in [2.24, 2.45) is 0 Å². The van der Waals surface area contributed by atoms with Crippen LogP contribution in [-0.2, 0) is 0 Å². The highest BCUT2D eigenvalue weighted by Gasteiger charge is 2.26. The molecule has 0 aliphatic rings. The van der Waals surface area contributed by atoms with Crippen molar-refractivity contribution in [1.82, 2.24) is 9.13 Å². The Balaban J connectivity index is 1.73. The number of para-hydroxylation sites is 4. The highest BCUT2D eigenvalue weighted by atomic mass is 15.0. The Morgan fingerprint density at radius 3 is 1.61 bits per heavy atom. The third-order valence-electron chi connectivity index (χ3n) is 9.45. The monoisotopic (exact) mass is 590 g/mol. The van der Waals surface area contributed by atoms with Crippen LogP contribution >= 0.6 is 0 Å². The molecule has 0 spiro atoms. The van der Waals surface area contributed by atoms with Crippen LogP contribution in [0.3, 0.4) is 0 Å². The molecule has 2 aromatic heterocycles. The predicted molar refractivity (Wildman–Crippen MR) is 189 cm³/mol. The van der Waals surface area contributed by atoms with Crippen LogP contribution in [0.5, 0.6) is 0 Å². The number of aromatic nitrogens is 2. The molecule has 0 saturated carbocycles. The SMILES string of the molecule is Cc1cccc(C)c1-n1c2ccccc2c2c1c(-c1ccc(C#N)cc1C#N)cc1c3ccccc3n(-c3c(C)cccc3C)c12. The molecule has 46 heavy (non-hydrogen) atoms. The summed E-state index contributed by atoms with van der Waals surface area (Å²) in [6, 6.07) is 42.6. The Labute approximate surface area is 267 Å². The standard InChI is InChI=1S/C42H30N4/c1-25-11-9-12-26(2)39(25)45-36-17-7-5-15-32(36)35-22-34(31-20-19-29(23-43)21-30(31)24-44)41-38(42(35)45)33-16-6-8-18-37(33)46(41)40-27(3)13-10-14-28(40)4/h5-22H,1-4H3. The van der Waals surface area contributed by atoms with Gasteiger partial charge >= 0.3 is 0 Å². The summed E-state index contributed by atoms with van der Waals surface area (Å²) in [7, 11) is 0. The normalized spacial score (nSPS) is 11.4. The molecule has 8 aromatic rings. The number of hydrogen-bond donors (Lipinski definition) is 0. The van der Waals surface area contributed by atoms with Crippen LogP contribution in [0.15, 0.2) is 109 Å². The van der Waals surface area contributed by atoms with Gasteiger partial charge in [0.15, 0.2) is 0 Å². The molecule has 2 heterocycles. The third kappa shape index (κ3) is 3.78. The van der Waals surface area contributed by atoms with Crippen molar-refractivity contribution < 1.29 is 0 Å². The molecule has 4 nitrogen and oxygen atoms in total. The summed E-state index contributed by atoms with van der Waals surface area (Å²) in [4.78, 5) is 0. The van der Waals surface area contributed by atoms with E-state index in [0.717, 1.165) is 60.4 Å². The quantitative estimate of drug-likeness (QED) is 0.206. The lowest BCUT2D eigenvalue weighted by Crippen LogP contribution is -2.03. The second kappa shape index (κ2) is 10.2. The van der Waals surface area contributed by atoms with Crippen molar-refractivity contribution >= 4 is 43.6 Å². The van der Waals surface area contributed by atoms with Gasteiger partial charge < -0.3 is 9.13 Å². The maximum atomic E-state index is 10.4. The fourth-order valence-corrected chi connectivity index (χ4v) is 7.53. The van der Waals surface area contributed by atoms with E-state index < -0.39 is 0 Å². The van der Waals surface area contributed by atoms with Crippen LogP contribution in [0.1, 0.15) is 33.4 Å². The first-order valence-corrected chi connectivity index (χ1v) is 15.5. The molecule has 0 saturated heterocycles. The number of aryl methyl sites for hydroxylation is 4. The van der Waals surface area contributed by atoms with E-state index in [2.05, 4.69) is 140 Å². The van der Waals surface area contributed by atoms with Gasteiger partial charge in [0.2, 0.25) is 0 Å². The van der Waals surface area contributed by atoms with Crippen molar-refractivity contribution in [1.29, 1.82) is 10.5 Å². The Kier molecular flexibility index (Phi) is 6.11. The largest absolute Gasteiger partial charge is 0.308 e. The maximum absolute atomic E-state index is 10.4. The summed E-state index contributed by atoms with van der Waals surface area (Å²) in [6.07, 6.45) is 0. The second-order valence-corrected chi connectivity index (χ2v) is 12.2. The fraction of sp³-hybridized carbons (Fsp3) is 0.0952. The molecule has 218 valence electrons. The van der Waals surface area contributed by atoms with E-state index in [4.69, 9.17) is 0 Å². The first kappa shape index (κ1) is 27.4. The minimum atomic E-state index is 0.472. The van der Waals surface area contributed by atoms with Gasteiger partial charge in [-0.2, -0.15) is 10.5 Å². The molecule has 0 radical (unpaired) electrons. The second-order valence-electron chi connectivity index (χ2n) is 12.2. The number of rotatable bonds is 3. The van der Waals surface area contributed by atoms with Gasteiger partial charge in [-0.25, -0.2) is 0 Å². The van der Waals surface area contributed by atoms with E-state index in [0.29, 0.717) is 11.1 Å². The number of nitrogens with zero attached hydrogens (tertiary/aromatic N) is 4. The molecular weight excluding hydrogens is 560 g/mol. The van der Waals surface area contributed by atoms with Gasteiger partial charge in [-0.3, -0.25) is 0 Å². The molecule has 4 heteroatoms. The van der Waals surface area contributed by atoms with Gasteiger partial charge in [-0.05, 0) is 80.3 Å². The van der Waals surface area contributed by atoms with Crippen LogP contribution in [0, 0.1) is 50.4 Å². The molecule has 0 unspecified atom stereocenters. The number of nitriles is 2. The first-order chi connectivity index (χ1) is 22.4. The van der Waals surface area contributed by atoms with Crippen molar-refractivity contribution in [2.75, 3.05) is 0 Å². The average molecular weight is 591 g/mol. The minimum absolute atomic E-state index is 0.472. The molecule has 0 bridgehead atoms. The Morgan fingerprint density at radius 1 is 0.478 bits per heavy atom. The smallest absolute Gasteiger partial charge is 0.0998 e. The summed E-state index contributed by atoms with van der Waals surface area (Å²) < 4.78 is 4.85. The zero-order valence-corrected chi connectivity index (χ0v) is 26.2. The van der Waals surface area contributed by atoms with Gasteiger partial charge in [-0.1, -0.05) is 78.9 Å². The van der Waals surface area contributed by atoms with Gasteiger partial charge in [0, 0.05) is 32.7 Å². The van der Waals surface area contributed by atoms with Crippen LogP contribution in [0.2, 0.25) is 0 Å². The van der Waals surface area contributed by atoms with Crippen molar-refractivity contribution in [3.63, 3.8) is 0 Å². The highest BCUT2D eigenvalue weighted by Crippen LogP contribution is 2.47. The molecular formula is C42H30N4. The third-order valence-corrected chi connectivity index (χ3v) is 9.45. The molecule has 0 amide bonds. The topological polar surface area (TPSA) is 57.4 Å². The lowest BCUT2D eigenvalue weighted by molar-refractivity contribution is 1.12. The van der Waals surface area contributed by atoms with Crippen LogP contribution in [-0.4, -0.2) is 9.13 Å². The Bertz CT molecular complexity index is 2610. The van der Waals surface area contributed by atoms with Gasteiger partial charge in [0.1, 0.15) is 0 Å². The summed E-state index contributed by atoms with van der Waals surface area (Å²) in [5.41, 5.74) is 14.2.